The molecule has 1 atom stereocenters. The second-order valence-electron chi connectivity index (χ2n) is 3.41. The predicted octanol–water partition coefficient (Wildman–Crippen LogP) is 1.20. The zero-order valence-electron chi connectivity index (χ0n) is 8.16. The van der Waals surface area contributed by atoms with Crippen molar-refractivity contribution in [3.05, 3.63) is 12.7 Å². The molecule has 0 aliphatic carbocycles. The van der Waals surface area contributed by atoms with Crippen molar-refractivity contribution in [2.24, 2.45) is 0 Å². The van der Waals surface area contributed by atoms with E-state index in [0.29, 0.717) is 6.54 Å². The van der Waals surface area contributed by atoms with E-state index in [-0.39, 0.29) is 12.0 Å². The largest absolute Gasteiger partial charge is 0.376 e. The Hall–Kier alpha value is -0.830. The SMILES string of the molecule is C=CC(=O)N(C)CC1CCCCO1. The van der Waals surface area contributed by atoms with E-state index < -0.39 is 0 Å². The summed E-state index contributed by atoms with van der Waals surface area (Å²) in [6.07, 6.45) is 4.98. The molecule has 3 nitrogen and oxygen atoms in total. The van der Waals surface area contributed by atoms with Crippen molar-refractivity contribution in [1.82, 2.24) is 4.90 Å². The molecule has 1 rings (SSSR count). The van der Waals surface area contributed by atoms with Gasteiger partial charge >= 0.3 is 0 Å². The molecule has 0 radical (unpaired) electrons. The summed E-state index contributed by atoms with van der Waals surface area (Å²) < 4.78 is 5.52. The maximum Gasteiger partial charge on any atom is 0.245 e. The first kappa shape index (κ1) is 10.3. The van der Waals surface area contributed by atoms with Gasteiger partial charge in [-0.2, -0.15) is 0 Å². The molecule has 0 spiro atoms. The van der Waals surface area contributed by atoms with Crippen molar-refractivity contribution in [1.29, 1.82) is 0 Å². The molecule has 1 unspecified atom stereocenters. The summed E-state index contributed by atoms with van der Waals surface area (Å²) in [6, 6.07) is 0. The van der Waals surface area contributed by atoms with Crippen LogP contribution in [0.5, 0.6) is 0 Å². The average Bonchev–Trinajstić information content (AvgIpc) is 2.18. The highest BCUT2D eigenvalue weighted by atomic mass is 16.5. The lowest BCUT2D eigenvalue weighted by molar-refractivity contribution is -0.127. The third-order valence-corrected chi connectivity index (χ3v) is 2.30. The molecule has 0 aromatic heterocycles. The minimum absolute atomic E-state index is 0.0332. The van der Waals surface area contributed by atoms with Gasteiger partial charge in [0.15, 0.2) is 0 Å². The monoisotopic (exact) mass is 183 g/mol. The molecule has 0 bridgehead atoms. The number of nitrogens with zero attached hydrogens (tertiary/aromatic N) is 1. The van der Waals surface area contributed by atoms with Gasteiger partial charge in [0.2, 0.25) is 5.91 Å². The van der Waals surface area contributed by atoms with Crippen molar-refractivity contribution < 1.29 is 9.53 Å². The van der Waals surface area contributed by atoms with Crippen LogP contribution in [0.25, 0.3) is 0 Å². The number of carbonyl (C=O) groups excluding carboxylic acids is 1. The van der Waals surface area contributed by atoms with E-state index in [1.165, 1.54) is 12.5 Å². The fourth-order valence-electron chi connectivity index (χ4n) is 1.50. The molecule has 3 heteroatoms. The van der Waals surface area contributed by atoms with Crippen molar-refractivity contribution in [3.8, 4) is 0 Å². The Morgan fingerprint density at radius 1 is 1.69 bits per heavy atom. The number of hydrogen-bond donors (Lipinski definition) is 0. The van der Waals surface area contributed by atoms with E-state index >= 15 is 0 Å². The molecular formula is C10H17NO2. The average molecular weight is 183 g/mol. The summed E-state index contributed by atoms with van der Waals surface area (Å²) in [5.74, 6) is -0.0332. The summed E-state index contributed by atoms with van der Waals surface area (Å²) >= 11 is 0. The van der Waals surface area contributed by atoms with Gasteiger partial charge in [0.05, 0.1) is 6.10 Å². The fourth-order valence-corrected chi connectivity index (χ4v) is 1.50. The molecule has 1 saturated heterocycles. The first-order valence-electron chi connectivity index (χ1n) is 4.73. The van der Waals surface area contributed by atoms with E-state index in [2.05, 4.69) is 6.58 Å². The Bertz CT molecular complexity index is 185. The Morgan fingerprint density at radius 2 is 2.46 bits per heavy atom. The molecule has 1 aliphatic heterocycles. The van der Waals surface area contributed by atoms with Gasteiger partial charge in [-0.15, -0.1) is 0 Å². The molecule has 1 heterocycles. The van der Waals surface area contributed by atoms with Crippen LogP contribution in [0.1, 0.15) is 19.3 Å². The van der Waals surface area contributed by atoms with Crippen molar-refractivity contribution in [3.63, 3.8) is 0 Å². The standard InChI is InChI=1S/C10H17NO2/c1-3-10(12)11(2)8-9-6-4-5-7-13-9/h3,9H,1,4-8H2,2H3. The van der Waals surface area contributed by atoms with E-state index in [0.717, 1.165) is 19.4 Å². The number of ether oxygens (including phenoxy) is 1. The third kappa shape index (κ3) is 3.19. The number of carbonyl (C=O) groups is 1. The van der Waals surface area contributed by atoms with Crippen LogP contribution in [0, 0.1) is 0 Å². The number of rotatable bonds is 3. The lowest BCUT2D eigenvalue weighted by Crippen LogP contribution is -2.36. The summed E-state index contributed by atoms with van der Waals surface area (Å²) in [6.45, 7) is 4.96. The minimum atomic E-state index is -0.0332. The predicted molar refractivity (Wildman–Crippen MR) is 51.4 cm³/mol. The van der Waals surface area contributed by atoms with E-state index in [1.54, 1.807) is 11.9 Å². The topological polar surface area (TPSA) is 29.5 Å². The summed E-state index contributed by atoms with van der Waals surface area (Å²) in [7, 11) is 1.78. The lowest BCUT2D eigenvalue weighted by Gasteiger charge is -2.26. The van der Waals surface area contributed by atoms with Crippen molar-refractivity contribution in [2.45, 2.75) is 25.4 Å². The highest BCUT2D eigenvalue weighted by molar-refractivity contribution is 5.86. The molecule has 0 saturated carbocycles. The zero-order chi connectivity index (χ0) is 9.68. The molecule has 1 aliphatic rings. The first-order chi connectivity index (χ1) is 6.24. The molecule has 0 aromatic carbocycles. The van der Waals surface area contributed by atoms with Crippen LogP contribution >= 0.6 is 0 Å². The molecule has 74 valence electrons. The smallest absolute Gasteiger partial charge is 0.245 e. The molecule has 13 heavy (non-hydrogen) atoms. The lowest BCUT2D eigenvalue weighted by atomic mass is 10.1. The van der Waals surface area contributed by atoms with Crippen LogP contribution in [0.15, 0.2) is 12.7 Å². The number of hydrogen-bond acceptors (Lipinski definition) is 2. The normalized spacial score (nSPS) is 22.4. The third-order valence-electron chi connectivity index (χ3n) is 2.30. The summed E-state index contributed by atoms with van der Waals surface area (Å²) in [5.41, 5.74) is 0. The van der Waals surface area contributed by atoms with Gasteiger partial charge in [-0.25, -0.2) is 0 Å². The van der Waals surface area contributed by atoms with Gasteiger partial charge in [0, 0.05) is 20.2 Å². The van der Waals surface area contributed by atoms with Gasteiger partial charge in [0.1, 0.15) is 0 Å². The van der Waals surface area contributed by atoms with Gasteiger partial charge in [-0.1, -0.05) is 6.58 Å². The van der Waals surface area contributed by atoms with Gasteiger partial charge in [-0.05, 0) is 25.3 Å². The first-order valence-corrected chi connectivity index (χ1v) is 4.73. The van der Waals surface area contributed by atoms with E-state index in [9.17, 15) is 4.79 Å². The van der Waals surface area contributed by atoms with Crippen LogP contribution in [-0.2, 0) is 9.53 Å². The maximum atomic E-state index is 11.1. The van der Waals surface area contributed by atoms with Gasteiger partial charge in [-0.3, -0.25) is 4.79 Å². The van der Waals surface area contributed by atoms with E-state index in [4.69, 9.17) is 4.74 Å². The number of likely N-dealkylation sites (N-methyl/N-ethyl adjacent to an activating group) is 1. The fraction of sp³-hybridized carbons (Fsp3) is 0.700. The van der Waals surface area contributed by atoms with Crippen molar-refractivity contribution >= 4 is 5.91 Å². The summed E-state index contributed by atoms with van der Waals surface area (Å²) in [4.78, 5) is 12.8. The van der Waals surface area contributed by atoms with Gasteiger partial charge in [0.25, 0.3) is 0 Å². The van der Waals surface area contributed by atoms with Crippen LogP contribution in [-0.4, -0.2) is 37.1 Å². The molecular weight excluding hydrogens is 166 g/mol. The Balaban J connectivity index is 2.29. The molecule has 0 N–H and O–H groups in total. The van der Waals surface area contributed by atoms with E-state index in [1.807, 2.05) is 0 Å². The zero-order valence-corrected chi connectivity index (χ0v) is 8.16. The molecule has 1 amide bonds. The van der Waals surface area contributed by atoms with Gasteiger partial charge < -0.3 is 9.64 Å². The second kappa shape index (κ2) is 5.02. The van der Waals surface area contributed by atoms with Crippen molar-refractivity contribution in [2.75, 3.05) is 20.2 Å². The summed E-state index contributed by atoms with van der Waals surface area (Å²) in [5, 5.41) is 0. The van der Waals surface area contributed by atoms with Crippen LogP contribution in [0.3, 0.4) is 0 Å². The highest BCUT2D eigenvalue weighted by Gasteiger charge is 2.17. The highest BCUT2D eigenvalue weighted by Crippen LogP contribution is 2.13. The molecule has 1 fully saturated rings. The van der Waals surface area contributed by atoms with Crippen LogP contribution < -0.4 is 0 Å². The van der Waals surface area contributed by atoms with Crippen LogP contribution in [0.2, 0.25) is 0 Å². The Labute approximate surface area is 79.4 Å². The Morgan fingerprint density at radius 3 is 3.00 bits per heavy atom. The minimum Gasteiger partial charge on any atom is -0.376 e. The van der Waals surface area contributed by atoms with Crippen LogP contribution in [0.4, 0.5) is 0 Å². The molecule has 0 aromatic rings. The maximum absolute atomic E-state index is 11.1. The number of amides is 1. The second-order valence-corrected chi connectivity index (χ2v) is 3.41. The Kier molecular flexibility index (Phi) is 3.96. The quantitative estimate of drug-likeness (QED) is 0.615.